The Bertz CT molecular complexity index is 428. The summed E-state index contributed by atoms with van der Waals surface area (Å²) in [5.74, 6) is -0.441. The summed E-state index contributed by atoms with van der Waals surface area (Å²) in [4.78, 5) is 34.7. The average Bonchev–Trinajstić information content (AvgIpc) is 2.82. The number of thioether (sulfide) groups is 2. The summed E-state index contributed by atoms with van der Waals surface area (Å²) in [7, 11) is 1.66. The lowest BCUT2D eigenvalue weighted by Crippen LogP contribution is -2.38. The number of carbonyl (C=O) groups is 3. The van der Waals surface area contributed by atoms with Gasteiger partial charge in [-0.05, 0) is 18.7 Å². The van der Waals surface area contributed by atoms with Crippen molar-refractivity contribution in [1.82, 2.24) is 10.3 Å². The molecule has 7 nitrogen and oxygen atoms in total. The molecular formula is C11H17N3O4S2. The SMILES string of the molecule is CCOC(=O)C1SC(NC)=NN1C(=O)CCSC(C)=O. The number of nitrogens with zero attached hydrogens (tertiary/aromatic N) is 2. The van der Waals surface area contributed by atoms with E-state index in [1.54, 1.807) is 14.0 Å². The van der Waals surface area contributed by atoms with Gasteiger partial charge in [0, 0.05) is 26.1 Å². The number of esters is 1. The Kier molecular flexibility index (Phi) is 6.86. The van der Waals surface area contributed by atoms with Crippen molar-refractivity contribution >= 4 is 45.7 Å². The molecule has 1 heterocycles. The fourth-order valence-corrected chi connectivity index (χ4v) is 2.84. The third-order valence-electron chi connectivity index (χ3n) is 2.22. The van der Waals surface area contributed by atoms with Crippen LogP contribution in [0.3, 0.4) is 0 Å². The van der Waals surface area contributed by atoms with E-state index in [0.717, 1.165) is 28.5 Å². The van der Waals surface area contributed by atoms with Gasteiger partial charge in [0.1, 0.15) is 0 Å². The van der Waals surface area contributed by atoms with Gasteiger partial charge in [0.2, 0.25) is 11.3 Å². The van der Waals surface area contributed by atoms with E-state index in [4.69, 9.17) is 4.74 Å². The fourth-order valence-electron chi connectivity index (χ4n) is 1.38. The van der Waals surface area contributed by atoms with Crippen LogP contribution in [0.25, 0.3) is 0 Å². The molecule has 0 saturated heterocycles. The molecule has 1 atom stereocenters. The van der Waals surface area contributed by atoms with Crippen molar-refractivity contribution in [3.05, 3.63) is 0 Å². The van der Waals surface area contributed by atoms with Crippen molar-refractivity contribution in [3.8, 4) is 0 Å². The zero-order chi connectivity index (χ0) is 15.1. The van der Waals surface area contributed by atoms with Gasteiger partial charge < -0.3 is 10.1 Å². The van der Waals surface area contributed by atoms with Crippen LogP contribution in [0.1, 0.15) is 20.3 Å². The quantitative estimate of drug-likeness (QED) is 0.743. The molecule has 0 bridgehead atoms. The number of amidine groups is 1. The summed E-state index contributed by atoms with van der Waals surface area (Å²) in [6.07, 6.45) is 0.140. The monoisotopic (exact) mass is 319 g/mol. The van der Waals surface area contributed by atoms with Gasteiger partial charge in [-0.1, -0.05) is 11.8 Å². The van der Waals surface area contributed by atoms with Crippen LogP contribution >= 0.6 is 23.5 Å². The molecular weight excluding hydrogens is 302 g/mol. The minimum absolute atomic E-state index is 0.0463. The maximum absolute atomic E-state index is 12.1. The zero-order valence-corrected chi connectivity index (χ0v) is 13.2. The van der Waals surface area contributed by atoms with Crippen LogP contribution in [-0.2, 0) is 19.1 Å². The first-order valence-electron chi connectivity index (χ1n) is 6.04. The smallest absolute Gasteiger partial charge is 0.342 e. The molecule has 0 aromatic carbocycles. The van der Waals surface area contributed by atoms with E-state index in [2.05, 4.69) is 10.4 Å². The number of hydrazone groups is 1. The second-order valence-corrected chi connectivity index (χ2v) is 6.05. The van der Waals surface area contributed by atoms with Crippen LogP contribution in [0.5, 0.6) is 0 Å². The van der Waals surface area contributed by atoms with E-state index >= 15 is 0 Å². The first-order valence-corrected chi connectivity index (χ1v) is 7.91. The van der Waals surface area contributed by atoms with Crippen molar-refractivity contribution in [2.45, 2.75) is 25.6 Å². The number of hydrogen-bond acceptors (Lipinski definition) is 8. The highest BCUT2D eigenvalue weighted by atomic mass is 32.2. The van der Waals surface area contributed by atoms with Crippen LogP contribution in [0.15, 0.2) is 5.10 Å². The van der Waals surface area contributed by atoms with Crippen molar-refractivity contribution in [1.29, 1.82) is 0 Å². The highest BCUT2D eigenvalue weighted by Crippen LogP contribution is 2.27. The Labute approximate surface area is 125 Å². The summed E-state index contributed by atoms with van der Waals surface area (Å²) in [5.41, 5.74) is 0. The van der Waals surface area contributed by atoms with Gasteiger partial charge in [-0.25, -0.2) is 9.80 Å². The lowest BCUT2D eigenvalue weighted by atomic mass is 10.4. The Morgan fingerprint density at radius 3 is 2.75 bits per heavy atom. The molecule has 1 unspecified atom stereocenters. The standard InChI is InChI=1S/C11H17N3O4S2/c1-4-18-10(17)9-14(13-11(12-3)20-9)8(16)5-6-19-7(2)15/h9H,4-6H2,1-3H3,(H,12,13). The lowest BCUT2D eigenvalue weighted by Gasteiger charge is -2.18. The minimum atomic E-state index is -0.799. The first kappa shape index (κ1) is 16.8. The molecule has 1 N–H and O–H groups in total. The lowest BCUT2D eigenvalue weighted by molar-refractivity contribution is -0.150. The van der Waals surface area contributed by atoms with Crippen LogP contribution < -0.4 is 5.32 Å². The second-order valence-electron chi connectivity index (χ2n) is 3.71. The van der Waals surface area contributed by atoms with Gasteiger partial charge in [0.25, 0.3) is 0 Å². The molecule has 0 fully saturated rings. The Hall–Kier alpha value is -1.22. The summed E-state index contributed by atoms with van der Waals surface area (Å²) in [5, 5.41) is 7.61. The van der Waals surface area contributed by atoms with Crippen LogP contribution in [0.4, 0.5) is 0 Å². The predicted molar refractivity (Wildman–Crippen MR) is 79.1 cm³/mol. The van der Waals surface area contributed by atoms with E-state index in [1.807, 2.05) is 0 Å². The van der Waals surface area contributed by atoms with Gasteiger partial charge >= 0.3 is 5.97 Å². The largest absolute Gasteiger partial charge is 0.464 e. The van der Waals surface area contributed by atoms with E-state index in [9.17, 15) is 14.4 Å². The third kappa shape index (κ3) is 4.71. The molecule has 112 valence electrons. The van der Waals surface area contributed by atoms with Crippen molar-refractivity contribution in [2.75, 3.05) is 19.4 Å². The zero-order valence-electron chi connectivity index (χ0n) is 11.5. The normalized spacial score (nSPS) is 17.6. The van der Waals surface area contributed by atoms with Crippen molar-refractivity contribution in [3.63, 3.8) is 0 Å². The molecule has 1 aliphatic rings. The number of hydrogen-bond donors (Lipinski definition) is 1. The molecule has 0 aromatic heterocycles. The predicted octanol–water partition coefficient (Wildman–Crippen LogP) is 0.611. The second kappa shape index (κ2) is 8.15. The Balaban J connectivity index is 2.66. The topological polar surface area (TPSA) is 88.1 Å². The maximum atomic E-state index is 12.1. The molecule has 0 aromatic rings. The van der Waals surface area contributed by atoms with Crippen LogP contribution in [-0.4, -0.2) is 51.9 Å². The van der Waals surface area contributed by atoms with Crippen LogP contribution in [0.2, 0.25) is 0 Å². The van der Waals surface area contributed by atoms with Gasteiger partial charge in [0.05, 0.1) is 6.61 Å². The molecule has 0 spiro atoms. The number of carbonyl (C=O) groups excluding carboxylic acids is 3. The van der Waals surface area contributed by atoms with E-state index in [-0.39, 0.29) is 24.1 Å². The Morgan fingerprint density at radius 2 is 2.20 bits per heavy atom. The number of nitrogens with one attached hydrogen (secondary N) is 1. The summed E-state index contributed by atoms with van der Waals surface area (Å²) < 4.78 is 4.93. The summed E-state index contributed by atoms with van der Waals surface area (Å²) >= 11 is 2.20. The molecule has 1 aliphatic heterocycles. The molecule has 20 heavy (non-hydrogen) atoms. The van der Waals surface area contributed by atoms with Gasteiger partial charge in [-0.2, -0.15) is 0 Å². The minimum Gasteiger partial charge on any atom is -0.464 e. The van der Waals surface area contributed by atoms with Gasteiger partial charge in [-0.15, -0.1) is 5.10 Å². The van der Waals surface area contributed by atoms with Crippen LogP contribution in [0, 0.1) is 0 Å². The number of amides is 1. The molecule has 0 aliphatic carbocycles. The Morgan fingerprint density at radius 1 is 1.50 bits per heavy atom. The molecule has 9 heteroatoms. The highest BCUT2D eigenvalue weighted by molar-refractivity contribution is 8.15. The third-order valence-corrected chi connectivity index (χ3v) is 4.16. The summed E-state index contributed by atoms with van der Waals surface area (Å²) in [6.45, 7) is 3.39. The van der Waals surface area contributed by atoms with E-state index in [0.29, 0.717) is 10.9 Å². The first-order chi connectivity index (χ1) is 9.49. The number of ether oxygens (including phenoxy) is 1. The average molecular weight is 319 g/mol. The summed E-state index contributed by atoms with van der Waals surface area (Å²) in [6, 6.07) is 0. The van der Waals surface area contributed by atoms with Gasteiger partial charge in [0.15, 0.2) is 10.3 Å². The van der Waals surface area contributed by atoms with Crippen molar-refractivity contribution < 1.29 is 19.1 Å². The molecule has 1 amide bonds. The van der Waals surface area contributed by atoms with Crippen molar-refractivity contribution in [2.24, 2.45) is 5.10 Å². The number of rotatable bonds is 5. The fraction of sp³-hybridized carbons (Fsp3) is 0.636. The molecule has 0 radical (unpaired) electrons. The van der Waals surface area contributed by atoms with E-state index < -0.39 is 11.3 Å². The highest BCUT2D eigenvalue weighted by Gasteiger charge is 2.38. The molecule has 1 rings (SSSR count). The van der Waals surface area contributed by atoms with E-state index in [1.165, 1.54) is 6.92 Å². The molecule has 0 saturated carbocycles. The van der Waals surface area contributed by atoms with Gasteiger partial charge in [-0.3, -0.25) is 9.59 Å². The maximum Gasteiger partial charge on any atom is 0.342 e.